The summed E-state index contributed by atoms with van der Waals surface area (Å²) in [5.74, 6) is 0. The molecule has 8 heteroatoms. The monoisotopic (exact) mass is 656 g/mol. The zero-order chi connectivity index (χ0) is 30.9. The van der Waals surface area contributed by atoms with Crippen LogP contribution in [0.3, 0.4) is 0 Å². The average Bonchev–Trinajstić information content (AvgIpc) is 2.49. The Hall–Kier alpha value is 1.17. The predicted octanol–water partition coefficient (Wildman–Crippen LogP) is 10.7. The second-order valence-electron chi connectivity index (χ2n) is 19.9. The lowest BCUT2D eigenvalue weighted by Gasteiger charge is -2.60. The third kappa shape index (κ3) is 7.20. The topological polar surface area (TPSA) is 0 Å². The molecule has 0 bridgehead atoms. The van der Waals surface area contributed by atoms with Gasteiger partial charge in [0.1, 0.15) is 0 Å². The zero-order valence-electron chi connectivity index (χ0n) is 29.9. The summed E-state index contributed by atoms with van der Waals surface area (Å²) >= 11 is 0. The minimum atomic E-state index is -1.60. The summed E-state index contributed by atoms with van der Waals surface area (Å²) in [6.45, 7) is 56.4. The van der Waals surface area contributed by atoms with E-state index in [9.17, 15) is 0 Å². The maximum atomic E-state index is 3.39. The first-order valence-electron chi connectivity index (χ1n) is 15.2. The molecule has 222 valence electrons. The lowest BCUT2D eigenvalue weighted by atomic mass is 10.1. The van der Waals surface area contributed by atoms with Crippen molar-refractivity contribution >= 4 is 71.1 Å². The molecule has 0 radical (unpaired) electrons. The third-order valence-electron chi connectivity index (χ3n) is 9.14. The molecular weight excluding hydrogens is 588 g/mol. The van der Waals surface area contributed by atoms with Gasteiger partial charge < -0.3 is 0 Å². The molecule has 1 unspecified atom stereocenters. The molecule has 0 aliphatic rings. The van der Waals surface area contributed by atoms with Gasteiger partial charge in [0.25, 0.3) is 0 Å². The fourth-order valence-corrected chi connectivity index (χ4v) is 67.2. The van der Waals surface area contributed by atoms with E-state index in [1.807, 2.05) is 0 Å². The first-order valence-corrected chi connectivity index (χ1v) is 40.6. The first-order chi connectivity index (χ1) is 16.2. The highest BCUT2D eigenvalue weighted by Gasteiger charge is 2.61. The van der Waals surface area contributed by atoms with Gasteiger partial charge in [-0.25, -0.2) is 0 Å². The Morgan fingerprint density at radius 1 is 0.447 bits per heavy atom. The molecule has 0 fully saturated rings. The highest BCUT2D eigenvalue weighted by molar-refractivity contribution is 7.28. The molecule has 1 atom stereocenters. The average molecular weight is 657 g/mol. The fourth-order valence-electron chi connectivity index (χ4n) is 10.5. The molecule has 0 heterocycles. The van der Waals surface area contributed by atoms with Gasteiger partial charge in [0.2, 0.25) is 0 Å². The maximum absolute atomic E-state index is 3.39. The lowest BCUT2D eigenvalue weighted by molar-refractivity contribution is 0.996. The molecule has 0 saturated heterocycles. The Balaban J connectivity index is 4.70. The van der Waals surface area contributed by atoms with Gasteiger partial charge >= 0.3 is 0 Å². The molecule has 0 aromatic heterocycles. The number of benzene rings is 1. The normalized spacial score (nSPS) is 15.6. The molecule has 0 aliphatic heterocycles. The van der Waals surface area contributed by atoms with Gasteiger partial charge in [0.05, 0.1) is 0 Å². The number of hydrogen-bond donors (Lipinski definition) is 0. The van der Waals surface area contributed by atoms with E-state index in [-0.39, 0.29) is 0 Å². The van der Waals surface area contributed by atoms with E-state index in [4.69, 9.17) is 0 Å². The van der Waals surface area contributed by atoms with Crippen molar-refractivity contribution in [1.82, 2.24) is 0 Å². The first kappa shape index (κ1) is 37.2. The largest absolute Gasteiger partial charge is 0.105 e. The van der Waals surface area contributed by atoms with Crippen LogP contribution in [0.15, 0.2) is 12.1 Å². The fraction of sp³-hybridized carbons (Fsp3) is 0.800. The van der Waals surface area contributed by atoms with Gasteiger partial charge in [0, 0.05) is 56.5 Å². The van der Waals surface area contributed by atoms with Crippen molar-refractivity contribution in [2.45, 2.75) is 152 Å². The van der Waals surface area contributed by atoms with Crippen LogP contribution in [0.2, 0.25) is 137 Å². The van der Waals surface area contributed by atoms with Crippen molar-refractivity contribution in [1.29, 1.82) is 0 Å². The van der Waals surface area contributed by atoms with Gasteiger partial charge in [-0.15, -0.1) is 9.24 Å². The Morgan fingerprint density at radius 3 is 0.816 bits per heavy atom. The molecule has 1 aromatic carbocycles. The summed E-state index contributed by atoms with van der Waals surface area (Å²) in [5, 5.41) is 3.16. The number of rotatable bonds is 10. The van der Waals surface area contributed by atoms with Gasteiger partial charge in [-0.3, -0.25) is 0 Å². The van der Waals surface area contributed by atoms with Crippen LogP contribution in [0, 0.1) is 0 Å². The number of hydrogen-bond acceptors (Lipinski definition) is 0. The third-order valence-corrected chi connectivity index (χ3v) is 49.5. The highest BCUT2D eigenvalue weighted by Crippen LogP contribution is 2.51. The Morgan fingerprint density at radius 2 is 0.658 bits per heavy atom. The van der Waals surface area contributed by atoms with Crippen molar-refractivity contribution in [3.63, 3.8) is 0 Å². The molecule has 0 amide bonds. The van der Waals surface area contributed by atoms with E-state index >= 15 is 0 Å². The highest BCUT2D eigenvalue weighted by atomic mass is 31.0. The molecule has 0 spiro atoms. The van der Waals surface area contributed by atoms with E-state index in [0.717, 1.165) is 10.3 Å². The summed E-state index contributed by atoms with van der Waals surface area (Å²) in [5.41, 5.74) is 5.33. The molecule has 1 aromatic rings. The van der Waals surface area contributed by atoms with Crippen LogP contribution in [-0.2, 0) is 4.28 Å². The molecule has 0 nitrogen and oxygen atoms in total. The standard InChI is InChI=1S/C30H69PSi7/c1-32(2,3)28(33(4,5)6)25-22-24(30(36(13,14)15,37(16,17)18)38(19,20)21)23-26(27(25)31)29(34(7,8)9)35(10,11)12/h22-23,28-29H,31H2,1-21H3. The Kier molecular flexibility index (Phi) is 10.8. The van der Waals surface area contributed by atoms with Crippen molar-refractivity contribution in [2.75, 3.05) is 0 Å². The molecular formula is C30H69PSi7. The van der Waals surface area contributed by atoms with Crippen LogP contribution < -0.4 is 5.30 Å². The van der Waals surface area contributed by atoms with Gasteiger partial charge in [-0.05, 0) is 36.6 Å². The van der Waals surface area contributed by atoms with Crippen molar-refractivity contribution in [3.05, 3.63) is 28.8 Å². The Bertz CT molecular complexity index is 866. The summed E-state index contributed by atoms with van der Waals surface area (Å²) in [6.07, 6.45) is 0. The second-order valence-corrected chi connectivity index (χ2v) is 60.1. The van der Waals surface area contributed by atoms with Gasteiger partial charge in [-0.1, -0.05) is 150 Å². The van der Waals surface area contributed by atoms with Crippen LogP contribution in [0.1, 0.15) is 27.0 Å². The summed E-state index contributed by atoms with van der Waals surface area (Å²) in [6, 6.07) is 5.74. The molecule has 0 saturated carbocycles. The smallest absolute Gasteiger partial charge is 0.0499 e. The van der Waals surface area contributed by atoms with E-state index in [1.165, 1.54) is 0 Å². The van der Waals surface area contributed by atoms with E-state index < -0.39 is 56.5 Å². The quantitative estimate of drug-likeness (QED) is 0.174. The van der Waals surface area contributed by atoms with E-state index in [1.54, 1.807) is 22.0 Å². The minimum absolute atomic E-state index is 0.418. The summed E-state index contributed by atoms with van der Waals surface area (Å²) in [7, 11) is -7.25. The molecule has 38 heavy (non-hydrogen) atoms. The van der Waals surface area contributed by atoms with E-state index in [2.05, 4.69) is 159 Å². The minimum Gasteiger partial charge on any atom is -0.105 e. The van der Waals surface area contributed by atoms with Crippen molar-refractivity contribution in [2.24, 2.45) is 0 Å². The van der Waals surface area contributed by atoms with Crippen LogP contribution >= 0.6 is 9.24 Å². The predicted molar refractivity (Wildman–Crippen MR) is 206 cm³/mol. The Labute approximate surface area is 250 Å². The van der Waals surface area contributed by atoms with Crippen molar-refractivity contribution in [3.8, 4) is 0 Å². The molecule has 1 rings (SSSR count). The molecule has 0 N–H and O–H groups in total. The van der Waals surface area contributed by atoms with Gasteiger partial charge in [-0.2, -0.15) is 0 Å². The maximum Gasteiger partial charge on any atom is 0.0499 e. The van der Waals surface area contributed by atoms with E-state index in [0.29, 0.717) is 4.28 Å². The zero-order valence-corrected chi connectivity index (χ0v) is 38.0. The van der Waals surface area contributed by atoms with Crippen LogP contribution in [0.5, 0.6) is 0 Å². The second kappa shape index (κ2) is 11.0. The summed E-state index contributed by atoms with van der Waals surface area (Å²) < 4.78 is 0.418. The van der Waals surface area contributed by atoms with Crippen molar-refractivity contribution < 1.29 is 0 Å². The van der Waals surface area contributed by atoms with Crippen LogP contribution in [0.4, 0.5) is 0 Å². The lowest BCUT2D eigenvalue weighted by Crippen LogP contribution is -2.74. The SMILES string of the molecule is C[Si](C)(C)C(c1cc(C([Si](C)(C)C)([Si](C)(C)C)[Si](C)(C)C)cc(C([Si](C)(C)C)[Si](C)(C)C)c1P)[Si](C)(C)C. The summed E-state index contributed by atoms with van der Waals surface area (Å²) in [4.78, 5) is 0. The van der Waals surface area contributed by atoms with Gasteiger partial charge in [0.15, 0.2) is 0 Å². The molecule has 0 aliphatic carbocycles. The van der Waals surface area contributed by atoms with Crippen LogP contribution in [0.25, 0.3) is 0 Å². The van der Waals surface area contributed by atoms with Crippen LogP contribution in [-0.4, -0.2) is 56.5 Å².